The Balaban J connectivity index is 3.02. The maximum atomic E-state index is 10.9. The lowest BCUT2D eigenvalue weighted by molar-refractivity contribution is -0.140. The molecule has 13 heavy (non-hydrogen) atoms. The number of furan rings is 1. The topological polar surface area (TPSA) is 50.4 Å². The van der Waals surface area contributed by atoms with Crippen molar-refractivity contribution in [2.75, 3.05) is 0 Å². The van der Waals surface area contributed by atoms with Crippen LogP contribution in [0.25, 0.3) is 0 Å². The Morgan fingerprint density at radius 3 is 2.46 bits per heavy atom. The molecule has 0 bridgehead atoms. The minimum atomic E-state index is -0.826. The van der Waals surface area contributed by atoms with E-state index in [9.17, 15) is 4.79 Å². The summed E-state index contributed by atoms with van der Waals surface area (Å²) in [4.78, 5) is 10.9. The van der Waals surface area contributed by atoms with E-state index in [1.807, 2.05) is 20.8 Å². The van der Waals surface area contributed by atoms with Gasteiger partial charge in [-0.25, -0.2) is 0 Å². The first kappa shape index (κ1) is 9.84. The maximum Gasteiger partial charge on any atom is 0.314 e. The van der Waals surface area contributed by atoms with Gasteiger partial charge < -0.3 is 9.52 Å². The molecule has 72 valence electrons. The highest BCUT2D eigenvalue weighted by molar-refractivity contribution is 5.75. The summed E-state index contributed by atoms with van der Waals surface area (Å²) in [5.74, 6) is -0.743. The highest BCUT2D eigenvalue weighted by atomic mass is 16.4. The number of aliphatic carboxylic acids is 1. The molecule has 1 heterocycles. The summed E-state index contributed by atoms with van der Waals surface area (Å²) in [5.41, 5.74) is 0.904. The molecule has 1 rings (SSSR count). The molecule has 0 amide bonds. The van der Waals surface area contributed by atoms with Crippen LogP contribution in [0.1, 0.15) is 31.1 Å². The van der Waals surface area contributed by atoms with Gasteiger partial charge in [0.1, 0.15) is 11.7 Å². The minimum absolute atomic E-state index is 0.0438. The number of carboxylic acid groups (broad SMARTS) is 1. The zero-order chi connectivity index (χ0) is 10.0. The zero-order valence-corrected chi connectivity index (χ0v) is 8.07. The van der Waals surface area contributed by atoms with Crippen LogP contribution in [0.5, 0.6) is 0 Å². The highest BCUT2D eigenvalue weighted by Gasteiger charge is 2.27. The lowest BCUT2D eigenvalue weighted by atomic mass is 9.92. The monoisotopic (exact) mass is 182 g/mol. The van der Waals surface area contributed by atoms with Crippen molar-refractivity contribution < 1.29 is 14.3 Å². The molecule has 1 atom stereocenters. The predicted octanol–water partition coefficient (Wildman–Crippen LogP) is 2.41. The molecule has 0 saturated carbocycles. The number of hydrogen-bond acceptors (Lipinski definition) is 2. The molecule has 3 nitrogen and oxygen atoms in total. The average molecular weight is 182 g/mol. The third-order valence-electron chi connectivity index (χ3n) is 2.12. The van der Waals surface area contributed by atoms with E-state index in [0.717, 1.165) is 5.56 Å². The fourth-order valence-electron chi connectivity index (χ4n) is 1.40. The van der Waals surface area contributed by atoms with E-state index in [1.54, 1.807) is 6.07 Å². The summed E-state index contributed by atoms with van der Waals surface area (Å²) in [5, 5.41) is 8.98. The summed E-state index contributed by atoms with van der Waals surface area (Å²) in [6.07, 6.45) is 1.53. The Morgan fingerprint density at radius 1 is 1.54 bits per heavy atom. The van der Waals surface area contributed by atoms with E-state index >= 15 is 0 Å². The Kier molecular flexibility index (Phi) is 2.76. The summed E-state index contributed by atoms with van der Waals surface area (Å²) in [6.45, 7) is 5.61. The summed E-state index contributed by atoms with van der Waals surface area (Å²) >= 11 is 0. The number of carbonyl (C=O) groups is 1. The summed E-state index contributed by atoms with van der Waals surface area (Å²) < 4.78 is 5.17. The molecule has 0 aliphatic carbocycles. The van der Waals surface area contributed by atoms with Crippen LogP contribution in [0.4, 0.5) is 0 Å². The van der Waals surface area contributed by atoms with Gasteiger partial charge in [0.15, 0.2) is 0 Å². The van der Waals surface area contributed by atoms with Gasteiger partial charge in [-0.15, -0.1) is 0 Å². The molecule has 1 unspecified atom stereocenters. The van der Waals surface area contributed by atoms with Crippen LogP contribution >= 0.6 is 0 Å². The fraction of sp³-hybridized carbons (Fsp3) is 0.500. The first-order valence-corrected chi connectivity index (χ1v) is 4.30. The number of aryl methyl sites for hydroxylation is 1. The van der Waals surface area contributed by atoms with Crippen molar-refractivity contribution in [1.29, 1.82) is 0 Å². The largest absolute Gasteiger partial charge is 0.481 e. The number of rotatable bonds is 3. The van der Waals surface area contributed by atoms with Gasteiger partial charge in [-0.1, -0.05) is 13.8 Å². The van der Waals surface area contributed by atoms with Gasteiger partial charge in [0.25, 0.3) is 0 Å². The smallest absolute Gasteiger partial charge is 0.314 e. The van der Waals surface area contributed by atoms with E-state index in [2.05, 4.69) is 0 Å². The standard InChI is InChI=1S/C10H14O3/c1-6(2)8(10(11)12)9-7(3)4-5-13-9/h4-6,8H,1-3H3,(H,11,12). The Morgan fingerprint density at radius 2 is 2.15 bits per heavy atom. The molecule has 1 N–H and O–H groups in total. The average Bonchev–Trinajstić information content (AvgIpc) is 2.35. The molecule has 0 fully saturated rings. The quantitative estimate of drug-likeness (QED) is 0.780. The van der Waals surface area contributed by atoms with Gasteiger partial charge in [0.05, 0.1) is 6.26 Å². The molecule has 0 aliphatic heterocycles. The van der Waals surface area contributed by atoms with Gasteiger partial charge in [0, 0.05) is 0 Å². The van der Waals surface area contributed by atoms with Gasteiger partial charge in [-0.05, 0) is 24.5 Å². The van der Waals surface area contributed by atoms with Crippen LogP contribution in [-0.2, 0) is 4.79 Å². The Hall–Kier alpha value is -1.25. The lowest BCUT2D eigenvalue weighted by Gasteiger charge is -2.14. The van der Waals surface area contributed by atoms with Crippen LogP contribution < -0.4 is 0 Å². The van der Waals surface area contributed by atoms with E-state index in [0.29, 0.717) is 5.76 Å². The molecule has 0 saturated heterocycles. The molecular formula is C10H14O3. The molecule has 1 aromatic rings. The molecular weight excluding hydrogens is 168 g/mol. The van der Waals surface area contributed by atoms with Gasteiger partial charge >= 0.3 is 5.97 Å². The zero-order valence-electron chi connectivity index (χ0n) is 8.07. The van der Waals surface area contributed by atoms with Crippen molar-refractivity contribution in [3.63, 3.8) is 0 Å². The Labute approximate surface area is 77.4 Å². The van der Waals surface area contributed by atoms with Crippen molar-refractivity contribution in [3.8, 4) is 0 Å². The normalized spacial score (nSPS) is 13.2. The van der Waals surface area contributed by atoms with Gasteiger partial charge in [-0.2, -0.15) is 0 Å². The third-order valence-corrected chi connectivity index (χ3v) is 2.12. The van der Waals surface area contributed by atoms with Crippen LogP contribution in [-0.4, -0.2) is 11.1 Å². The summed E-state index contributed by atoms with van der Waals surface area (Å²) in [6, 6.07) is 1.79. The molecule has 0 radical (unpaired) electrons. The van der Waals surface area contributed by atoms with Crippen molar-refractivity contribution in [1.82, 2.24) is 0 Å². The van der Waals surface area contributed by atoms with Crippen LogP contribution in [0.2, 0.25) is 0 Å². The first-order valence-electron chi connectivity index (χ1n) is 4.30. The Bertz CT molecular complexity index is 299. The van der Waals surface area contributed by atoms with E-state index in [4.69, 9.17) is 9.52 Å². The van der Waals surface area contributed by atoms with Gasteiger partial charge in [0.2, 0.25) is 0 Å². The molecule has 0 spiro atoms. The van der Waals surface area contributed by atoms with E-state index < -0.39 is 11.9 Å². The van der Waals surface area contributed by atoms with Crippen molar-refractivity contribution >= 4 is 5.97 Å². The van der Waals surface area contributed by atoms with Gasteiger partial charge in [-0.3, -0.25) is 4.79 Å². The van der Waals surface area contributed by atoms with E-state index in [-0.39, 0.29) is 5.92 Å². The first-order chi connectivity index (χ1) is 6.04. The molecule has 1 aromatic heterocycles. The second kappa shape index (κ2) is 3.64. The fourth-order valence-corrected chi connectivity index (χ4v) is 1.40. The molecule has 0 aromatic carbocycles. The van der Waals surface area contributed by atoms with Crippen LogP contribution in [0.3, 0.4) is 0 Å². The number of carboxylic acids is 1. The molecule has 3 heteroatoms. The third kappa shape index (κ3) is 1.91. The highest BCUT2D eigenvalue weighted by Crippen LogP contribution is 2.27. The van der Waals surface area contributed by atoms with Crippen molar-refractivity contribution in [2.24, 2.45) is 5.92 Å². The lowest BCUT2D eigenvalue weighted by Crippen LogP contribution is -2.17. The second-order valence-corrected chi connectivity index (χ2v) is 3.53. The second-order valence-electron chi connectivity index (χ2n) is 3.53. The van der Waals surface area contributed by atoms with Crippen LogP contribution in [0.15, 0.2) is 16.7 Å². The predicted molar refractivity (Wildman–Crippen MR) is 48.7 cm³/mol. The summed E-state index contributed by atoms with van der Waals surface area (Å²) in [7, 11) is 0. The minimum Gasteiger partial charge on any atom is -0.481 e. The van der Waals surface area contributed by atoms with E-state index in [1.165, 1.54) is 6.26 Å². The SMILES string of the molecule is Cc1ccoc1C(C(=O)O)C(C)C. The molecule has 0 aliphatic rings. The van der Waals surface area contributed by atoms with Crippen molar-refractivity contribution in [3.05, 3.63) is 23.7 Å². The number of hydrogen-bond donors (Lipinski definition) is 1. The van der Waals surface area contributed by atoms with Crippen LogP contribution in [0, 0.1) is 12.8 Å². The maximum absolute atomic E-state index is 10.9. The van der Waals surface area contributed by atoms with Crippen molar-refractivity contribution in [2.45, 2.75) is 26.7 Å².